The second kappa shape index (κ2) is 4.88. The van der Waals surface area contributed by atoms with E-state index in [9.17, 15) is 9.59 Å². The summed E-state index contributed by atoms with van der Waals surface area (Å²) < 4.78 is 5.29. The van der Waals surface area contributed by atoms with E-state index in [2.05, 4.69) is 6.58 Å². The van der Waals surface area contributed by atoms with E-state index in [0.29, 0.717) is 18.5 Å². The molecule has 0 fully saturated rings. The van der Waals surface area contributed by atoms with Crippen LogP contribution in [0.25, 0.3) is 0 Å². The van der Waals surface area contributed by atoms with Crippen LogP contribution in [-0.4, -0.2) is 29.9 Å². The minimum Gasteiger partial charge on any atom is -0.464 e. The Bertz CT molecular complexity index is 662. The van der Waals surface area contributed by atoms with Crippen molar-refractivity contribution in [2.45, 2.75) is 18.9 Å². The summed E-state index contributed by atoms with van der Waals surface area (Å²) in [5.74, 6) is -0.478. The van der Waals surface area contributed by atoms with Crippen molar-refractivity contribution in [3.8, 4) is 0 Å². The van der Waals surface area contributed by atoms with Crippen LogP contribution in [0.15, 0.2) is 48.6 Å². The highest BCUT2D eigenvalue weighted by Crippen LogP contribution is 2.46. The van der Waals surface area contributed by atoms with Gasteiger partial charge in [-0.25, -0.2) is 4.79 Å². The molecule has 21 heavy (non-hydrogen) atoms. The number of hydrogen-bond donors (Lipinski definition) is 0. The first-order valence-electron chi connectivity index (χ1n) is 7.05. The van der Waals surface area contributed by atoms with E-state index < -0.39 is 5.54 Å². The lowest BCUT2D eigenvalue weighted by Gasteiger charge is -2.39. The topological polar surface area (TPSA) is 46.6 Å². The molecule has 0 N–H and O–H groups in total. The number of allylic oxidation sites excluding steroid dienone is 1. The normalized spacial score (nSPS) is 23.2. The van der Waals surface area contributed by atoms with Gasteiger partial charge < -0.3 is 9.64 Å². The van der Waals surface area contributed by atoms with E-state index in [1.165, 1.54) is 0 Å². The molecule has 1 aromatic rings. The molecule has 0 radical (unpaired) electrons. The van der Waals surface area contributed by atoms with Crippen LogP contribution in [0.5, 0.6) is 0 Å². The lowest BCUT2D eigenvalue weighted by molar-refractivity contribution is -0.156. The smallest absolute Gasteiger partial charge is 0.337 e. The van der Waals surface area contributed by atoms with Gasteiger partial charge in [-0.05, 0) is 18.6 Å². The van der Waals surface area contributed by atoms with Gasteiger partial charge in [0.05, 0.1) is 6.61 Å². The van der Waals surface area contributed by atoms with Gasteiger partial charge in [-0.1, -0.05) is 36.9 Å². The van der Waals surface area contributed by atoms with Crippen LogP contribution in [0.3, 0.4) is 0 Å². The average molecular weight is 283 g/mol. The van der Waals surface area contributed by atoms with E-state index in [1.54, 1.807) is 24.0 Å². The number of hydrogen-bond acceptors (Lipinski definition) is 3. The molecule has 3 rings (SSSR count). The molecule has 2 aliphatic heterocycles. The predicted octanol–water partition coefficient (Wildman–Crippen LogP) is 2.42. The second-order valence-electron chi connectivity index (χ2n) is 5.20. The Kier molecular flexibility index (Phi) is 3.16. The molecule has 0 saturated heterocycles. The fourth-order valence-electron chi connectivity index (χ4n) is 3.20. The monoisotopic (exact) mass is 283 g/mol. The molecule has 1 unspecified atom stereocenters. The first-order chi connectivity index (χ1) is 10.1. The molecule has 4 nitrogen and oxygen atoms in total. The maximum Gasteiger partial charge on any atom is 0.337 e. The molecule has 2 aliphatic rings. The summed E-state index contributed by atoms with van der Waals surface area (Å²) in [5.41, 5.74) is 1.25. The third-order valence-corrected chi connectivity index (χ3v) is 4.18. The summed E-state index contributed by atoms with van der Waals surface area (Å²) in [6.45, 7) is 6.24. The van der Waals surface area contributed by atoms with Crippen molar-refractivity contribution < 1.29 is 14.3 Å². The molecule has 0 aliphatic carbocycles. The number of ether oxygens (including phenoxy) is 1. The quantitative estimate of drug-likeness (QED) is 0.800. The van der Waals surface area contributed by atoms with E-state index in [0.717, 1.165) is 11.1 Å². The molecule has 1 amide bonds. The van der Waals surface area contributed by atoms with Crippen molar-refractivity contribution in [3.05, 3.63) is 59.7 Å². The van der Waals surface area contributed by atoms with Gasteiger partial charge in [-0.3, -0.25) is 4.79 Å². The van der Waals surface area contributed by atoms with Gasteiger partial charge in [0.1, 0.15) is 0 Å². The second-order valence-corrected chi connectivity index (χ2v) is 5.20. The summed E-state index contributed by atoms with van der Waals surface area (Å²) in [4.78, 5) is 26.9. The zero-order chi connectivity index (χ0) is 15.0. The third kappa shape index (κ3) is 1.75. The molecule has 2 heterocycles. The predicted molar refractivity (Wildman–Crippen MR) is 78.7 cm³/mol. The van der Waals surface area contributed by atoms with Gasteiger partial charge >= 0.3 is 5.97 Å². The summed E-state index contributed by atoms with van der Waals surface area (Å²) >= 11 is 0. The Morgan fingerprint density at radius 3 is 2.95 bits per heavy atom. The van der Waals surface area contributed by atoms with Gasteiger partial charge in [-0.15, -0.1) is 0 Å². The molecule has 0 aromatic heterocycles. The van der Waals surface area contributed by atoms with Gasteiger partial charge in [-0.2, -0.15) is 0 Å². The van der Waals surface area contributed by atoms with E-state index in [1.807, 2.05) is 24.3 Å². The number of amides is 1. The molecule has 0 saturated carbocycles. The largest absolute Gasteiger partial charge is 0.464 e. The van der Waals surface area contributed by atoms with Crippen molar-refractivity contribution >= 4 is 11.9 Å². The highest BCUT2D eigenvalue weighted by Gasteiger charge is 2.56. The number of nitrogens with zero attached hydrogens (tertiary/aromatic N) is 1. The fourth-order valence-corrected chi connectivity index (χ4v) is 3.20. The Balaban J connectivity index is 2.20. The zero-order valence-electron chi connectivity index (χ0n) is 12.0. The molecule has 4 heteroatoms. The van der Waals surface area contributed by atoms with Gasteiger partial charge in [0, 0.05) is 24.1 Å². The fraction of sp³-hybridized carbons (Fsp3) is 0.294. The maximum absolute atomic E-state index is 12.7. The number of carbonyl (C=O) groups excluding carboxylic acids is 2. The number of fused-ring (bicyclic) bond motifs is 3. The van der Waals surface area contributed by atoms with Crippen molar-refractivity contribution in [1.82, 2.24) is 4.90 Å². The Hall–Kier alpha value is -2.36. The lowest BCUT2D eigenvalue weighted by atomic mass is 9.81. The SMILES string of the molecule is C=CC1=CCN2C(=O)c3ccccc3C2(C(=O)OCC)C1. The Morgan fingerprint density at radius 1 is 1.48 bits per heavy atom. The summed E-state index contributed by atoms with van der Waals surface area (Å²) in [5, 5.41) is 0. The van der Waals surface area contributed by atoms with E-state index in [-0.39, 0.29) is 18.5 Å². The van der Waals surface area contributed by atoms with Crippen LogP contribution < -0.4 is 0 Å². The highest BCUT2D eigenvalue weighted by molar-refractivity contribution is 6.06. The van der Waals surface area contributed by atoms with Crippen LogP contribution in [0, 0.1) is 0 Å². The molecular weight excluding hydrogens is 266 g/mol. The molecule has 0 bridgehead atoms. The number of esters is 1. The minimum absolute atomic E-state index is 0.113. The summed E-state index contributed by atoms with van der Waals surface area (Å²) in [6.07, 6.45) is 4.09. The van der Waals surface area contributed by atoms with E-state index >= 15 is 0 Å². The molecule has 1 atom stereocenters. The number of benzene rings is 1. The first-order valence-corrected chi connectivity index (χ1v) is 7.05. The minimum atomic E-state index is -1.04. The average Bonchev–Trinajstić information content (AvgIpc) is 2.78. The van der Waals surface area contributed by atoms with Crippen molar-refractivity contribution in [2.75, 3.05) is 13.2 Å². The lowest BCUT2D eigenvalue weighted by Crippen LogP contribution is -2.52. The Morgan fingerprint density at radius 2 is 2.24 bits per heavy atom. The Labute approximate surface area is 123 Å². The van der Waals surface area contributed by atoms with Crippen molar-refractivity contribution in [2.24, 2.45) is 0 Å². The van der Waals surface area contributed by atoms with Gasteiger partial charge in [0.15, 0.2) is 5.54 Å². The highest BCUT2D eigenvalue weighted by atomic mass is 16.5. The van der Waals surface area contributed by atoms with Gasteiger partial charge in [0.2, 0.25) is 0 Å². The van der Waals surface area contributed by atoms with E-state index in [4.69, 9.17) is 4.74 Å². The molecule has 0 spiro atoms. The molecule has 108 valence electrons. The van der Waals surface area contributed by atoms with Crippen molar-refractivity contribution in [1.29, 1.82) is 0 Å². The van der Waals surface area contributed by atoms with Crippen LogP contribution >= 0.6 is 0 Å². The number of carbonyl (C=O) groups is 2. The third-order valence-electron chi connectivity index (χ3n) is 4.18. The zero-order valence-corrected chi connectivity index (χ0v) is 12.0. The molecule has 1 aromatic carbocycles. The summed E-state index contributed by atoms with van der Waals surface area (Å²) in [6, 6.07) is 7.28. The van der Waals surface area contributed by atoms with Crippen LogP contribution in [0.1, 0.15) is 29.3 Å². The summed E-state index contributed by atoms with van der Waals surface area (Å²) in [7, 11) is 0. The van der Waals surface area contributed by atoms with Gasteiger partial charge in [0.25, 0.3) is 5.91 Å². The maximum atomic E-state index is 12.7. The first kappa shape index (κ1) is 13.6. The van der Waals surface area contributed by atoms with Crippen molar-refractivity contribution in [3.63, 3.8) is 0 Å². The van der Waals surface area contributed by atoms with Crippen LogP contribution in [0.2, 0.25) is 0 Å². The van der Waals surface area contributed by atoms with Crippen LogP contribution in [0.4, 0.5) is 0 Å². The van der Waals surface area contributed by atoms with Crippen LogP contribution in [-0.2, 0) is 15.1 Å². The number of rotatable bonds is 3. The molecular formula is C17H17NO3. The standard InChI is InChI=1S/C17H17NO3/c1-3-12-9-10-18-15(19)13-7-5-6-8-14(13)17(18,11-12)16(20)21-4-2/h3,5-9H,1,4,10-11H2,2H3.